The summed E-state index contributed by atoms with van der Waals surface area (Å²) in [5.41, 5.74) is -1.28. The normalized spacial score (nSPS) is 21.1. The molecule has 2 aliphatic heterocycles. The number of hydrogen-bond acceptors (Lipinski definition) is 7. The van der Waals surface area contributed by atoms with Gasteiger partial charge in [-0.25, -0.2) is 4.79 Å². The van der Waals surface area contributed by atoms with Crippen LogP contribution in [-0.4, -0.2) is 112 Å². The quantitative estimate of drug-likeness (QED) is 0.348. The third-order valence-corrected chi connectivity index (χ3v) is 6.77. The zero-order valence-corrected chi connectivity index (χ0v) is 21.4. The summed E-state index contributed by atoms with van der Waals surface area (Å²) in [7, 11) is 4.58. The number of carboxylic acids is 3. The summed E-state index contributed by atoms with van der Waals surface area (Å²) in [5.74, 6) is -3.29. The minimum Gasteiger partial charge on any atom is -0.481 e. The largest absolute Gasteiger partial charge is 0.481 e. The topological polar surface area (TPSA) is 142 Å². The van der Waals surface area contributed by atoms with E-state index in [1.807, 2.05) is 0 Å². The molecule has 36 heavy (non-hydrogen) atoms. The van der Waals surface area contributed by atoms with Crippen LogP contribution < -0.4 is 0 Å². The number of piperidine rings is 1. The molecule has 0 aliphatic carbocycles. The maximum atomic E-state index is 10.3. The van der Waals surface area contributed by atoms with Crippen LogP contribution >= 0.6 is 0 Å². The fourth-order valence-corrected chi connectivity index (χ4v) is 5.13. The molecule has 0 aromatic heterocycles. The van der Waals surface area contributed by atoms with Crippen LogP contribution in [0.1, 0.15) is 37.7 Å². The summed E-state index contributed by atoms with van der Waals surface area (Å²) in [6, 6.07) is 10.9. The van der Waals surface area contributed by atoms with Gasteiger partial charge in [-0.1, -0.05) is 30.3 Å². The lowest BCUT2D eigenvalue weighted by atomic mass is 9.96. The summed E-state index contributed by atoms with van der Waals surface area (Å²) in [6.07, 6.45) is 1.85. The van der Waals surface area contributed by atoms with E-state index in [0.29, 0.717) is 0 Å². The zero-order chi connectivity index (χ0) is 26.7. The van der Waals surface area contributed by atoms with E-state index in [-0.39, 0.29) is 0 Å². The Morgan fingerprint density at radius 1 is 0.944 bits per heavy atom. The predicted molar refractivity (Wildman–Crippen MR) is 135 cm³/mol. The number of carboxylic acid groups (broad SMARTS) is 3. The number of nitrogens with zero attached hydrogens (tertiary/aromatic N) is 3. The van der Waals surface area contributed by atoms with Crippen molar-refractivity contribution >= 4 is 17.9 Å². The summed E-state index contributed by atoms with van der Waals surface area (Å²) < 4.78 is 0. The van der Waals surface area contributed by atoms with Gasteiger partial charge in [-0.3, -0.25) is 14.5 Å². The summed E-state index contributed by atoms with van der Waals surface area (Å²) in [6.45, 7) is 8.77. The second kappa shape index (κ2) is 14.3. The first-order valence-electron chi connectivity index (χ1n) is 12.5. The highest BCUT2D eigenvalue weighted by molar-refractivity contribution is 5.88. The van der Waals surface area contributed by atoms with Gasteiger partial charge < -0.3 is 30.2 Å². The predicted octanol–water partition coefficient (Wildman–Crippen LogP) is 1.53. The first kappa shape index (κ1) is 29.7. The van der Waals surface area contributed by atoms with Crippen molar-refractivity contribution in [2.24, 2.45) is 11.8 Å². The molecule has 1 aromatic rings. The van der Waals surface area contributed by atoms with E-state index < -0.39 is 36.4 Å². The molecule has 2 atom stereocenters. The second-order valence-corrected chi connectivity index (χ2v) is 10.3. The highest BCUT2D eigenvalue weighted by Crippen LogP contribution is 2.21. The van der Waals surface area contributed by atoms with E-state index >= 15 is 0 Å². The number of aliphatic hydroxyl groups is 1. The van der Waals surface area contributed by atoms with Gasteiger partial charge >= 0.3 is 17.9 Å². The number of aliphatic carboxylic acids is 3. The Balaban J connectivity index is 0.000000302. The molecule has 0 spiro atoms. The van der Waals surface area contributed by atoms with Crippen molar-refractivity contribution in [2.75, 3.05) is 53.4 Å². The van der Waals surface area contributed by atoms with Crippen molar-refractivity contribution in [1.29, 1.82) is 0 Å². The van der Waals surface area contributed by atoms with Gasteiger partial charge in [0.15, 0.2) is 5.60 Å². The molecule has 3 rings (SSSR count). The monoisotopic (exact) mass is 507 g/mol. The summed E-state index contributed by atoms with van der Waals surface area (Å²) in [5, 5.41) is 33.8. The molecule has 2 heterocycles. The lowest BCUT2D eigenvalue weighted by Gasteiger charge is -2.35. The molecule has 1 aromatic carbocycles. The molecule has 2 aliphatic rings. The van der Waals surface area contributed by atoms with Crippen LogP contribution in [-0.2, 0) is 20.9 Å². The molecule has 10 nitrogen and oxygen atoms in total. The van der Waals surface area contributed by atoms with Gasteiger partial charge in [0.2, 0.25) is 0 Å². The van der Waals surface area contributed by atoms with Gasteiger partial charge in [-0.15, -0.1) is 0 Å². The zero-order valence-electron chi connectivity index (χ0n) is 21.4. The van der Waals surface area contributed by atoms with Gasteiger partial charge in [-0.2, -0.15) is 0 Å². The van der Waals surface area contributed by atoms with Crippen molar-refractivity contribution in [3.05, 3.63) is 35.9 Å². The number of carbonyl (C=O) groups is 3. The Labute approximate surface area is 213 Å². The molecular weight excluding hydrogens is 466 g/mol. The van der Waals surface area contributed by atoms with Crippen molar-refractivity contribution in [2.45, 2.75) is 44.2 Å². The van der Waals surface area contributed by atoms with E-state index in [1.54, 1.807) is 0 Å². The Bertz CT molecular complexity index is 835. The first-order chi connectivity index (χ1) is 17.0. The maximum Gasteiger partial charge on any atom is 0.336 e. The van der Waals surface area contributed by atoms with Gasteiger partial charge in [-0.05, 0) is 63.8 Å². The minimum atomic E-state index is -2.74. The Hall–Kier alpha value is -2.53. The van der Waals surface area contributed by atoms with E-state index in [0.717, 1.165) is 18.4 Å². The maximum absolute atomic E-state index is 10.3. The van der Waals surface area contributed by atoms with Crippen LogP contribution in [0, 0.1) is 11.8 Å². The molecule has 202 valence electrons. The van der Waals surface area contributed by atoms with E-state index in [4.69, 9.17) is 20.4 Å². The lowest BCUT2D eigenvalue weighted by molar-refractivity contribution is -0.170. The third-order valence-electron chi connectivity index (χ3n) is 6.77. The molecule has 2 saturated heterocycles. The summed E-state index contributed by atoms with van der Waals surface area (Å²) in [4.78, 5) is 38.2. The van der Waals surface area contributed by atoms with Crippen LogP contribution in [0.5, 0.6) is 0 Å². The lowest BCUT2D eigenvalue weighted by Crippen LogP contribution is -2.42. The van der Waals surface area contributed by atoms with Crippen molar-refractivity contribution < 1.29 is 34.8 Å². The molecule has 4 N–H and O–H groups in total. The van der Waals surface area contributed by atoms with Crippen LogP contribution in [0.25, 0.3) is 0 Å². The van der Waals surface area contributed by atoms with Crippen LogP contribution in [0.2, 0.25) is 0 Å². The molecule has 0 amide bonds. The molecular formula is C26H41N3O7. The SMILES string of the molecule is CN1CCC(CN(C)CC2CCCN(Cc3ccccc3)C2)C1.O=C(O)CC(O)(CC(=O)O)C(=O)O. The molecule has 2 unspecified atom stereocenters. The van der Waals surface area contributed by atoms with E-state index in [9.17, 15) is 14.4 Å². The standard InChI is InChI=1S/C20H33N3.C6H8O7/c1-21-12-10-20(13-21)15-22(2)14-19-9-6-11-23(17-19)16-18-7-4-3-5-8-18;7-3(8)1-6(13,5(11)12)2-4(9)10/h3-5,7-8,19-20H,6,9-17H2,1-2H3;13H,1-2H2,(H,7,8)(H,9,10)(H,11,12). The van der Waals surface area contributed by atoms with Crippen LogP contribution in [0.3, 0.4) is 0 Å². The van der Waals surface area contributed by atoms with Crippen molar-refractivity contribution in [3.63, 3.8) is 0 Å². The number of likely N-dealkylation sites (tertiary alicyclic amines) is 2. The van der Waals surface area contributed by atoms with Crippen molar-refractivity contribution in [3.8, 4) is 0 Å². The van der Waals surface area contributed by atoms with Gasteiger partial charge in [0.25, 0.3) is 0 Å². The van der Waals surface area contributed by atoms with Gasteiger partial charge in [0.1, 0.15) is 0 Å². The highest BCUT2D eigenvalue weighted by Gasteiger charge is 2.40. The minimum absolute atomic E-state index is 0.844. The molecule has 0 saturated carbocycles. The third kappa shape index (κ3) is 10.6. The average molecular weight is 508 g/mol. The van der Waals surface area contributed by atoms with Gasteiger partial charge in [0.05, 0.1) is 12.8 Å². The number of hydrogen-bond donors (Lipinski definition) is 4. The molecule has 0 radical (unpaired) electrons. The fraction of sp³-hybridized carbons (Fsp3) is 0.654. The first-order valence-corrected chi connectivity index (χ1v) is 12.5. The fourth-order valence-electron chi connectivity index (χ4n) is 5.13. The second-order valence-electron chi connectivity index (χ2n) is 10.3. The number of benzene rings is 1. The average Bonchev–Trinajstić information content (AvgIpc) is 3.18. The highest BCUT2D eigenvalue weighted by atomic mass is 16.4. The summed E-state index contributed by atoms with van der Waals surface area (Å²) >= 11 is 0. The Kier molecular flexibility index (Phi) is 11.8. The molecule has 10 heteroatoms. The van der Waals surface area contributed by atoms with Gasteiger partial charge in [0, 0.05) is 32.7 Å². The van der Waals surface area contributed by atoms with E-state index in [2.05, 4.69) is 59.1 Å². The van der Waals surface area contributed by atoms with Crippen LogP contribution in [0.4, 0.5) is 0 Å². The van der Waals surface area contributed by atoms with E-state index in [1.165, 1.54) is 64.1 Å². The van der Waals surface area contributed by atoms with Crippen molar-refractivity contribution in [1.82, 2.24) is 14.7 Å². The smallest absolute Gasteiger partial charge is 0.336 e. The Morgan fingerprint density at radius 3 is 2.03 bits per heavy atom. The molecule has 0 bridgehead atoms. The van der Waals surface area contributed by atoms with Crippen LogP contribution in [0.15, 0.2) is 30.3 Å². The Morgan fingerprint density at radius 2 is 1.53 bits per heavy atom. The number of rotatable bonds is 11. The molecule has 2 fully saturated rings.